The van der Waals surface area contributed by atoms with Gasteiger partial charge in [0.05, 0.1) is 44.5 Å². The molecule has 4 aromatic rings. The van der Waals surface area contributed by atoms with E-state index in [1.54, 1.807) is 29.5 Å². The SMILES string of the molecule is Cc1nc(C#Cc2cc(C#N)cc(B3OC(C)(C)C(C)(C)O3)c2)cs1.Cc1nc(C#Cc2cc([18F])cc(C#N)c2)cs1. The number of thiazole rings is 2. The van der Waals surface area contributed by atoms with Crippen molar-refractivity contribution in [3.8, 4) is 35.8 Å². The van der Waals surface area contributed by atoms with Crippen LogP contribution in [0.2, 0.25) is 0 Å². The van der Waals surface area contributed by atoms with Crippen LogP contribution in [0.4, 0.5) is 4.39 Å². The van der Waals surface area contributed by atoms with Gasteiger partial charge in [-0.1, -0.05) is 11.8 Å². The molecule has 0 saturated carbocycles. The second kappa shape index (κ2) is 12.7. The maximum atomic E-state index is 13.1. The quantitative estimate of drug-likeness (QED) is 0.203. The number of aromatic nitrogens is 2. The van der Waals surface area contributed by atoms with Crippen molar-refractivity contribution in [2.75, 3.05) is 0 Å². The van der Waals surface area contributed by atoms with E-state index in [1.165, 1.54) is 23.5 Å². The van der Waals surface area contributed by atoms with Crippen molar-refractivity contribution in [2.24, 2.45) is 0 Å². The molecule has 0 amide bonds. The van der Waals surface area contributed by atoms with Gasteiger partial charge in [-0.15, -0.1) is 22.7 Å². The van der Waals surface area contributed by atoms with Gasteiger partial charge in [0.25, 0.3) is 0 Å². The fourth-order valence-corrected chi connectivity index (χ4v) is 4.83. The van der Waals surface area contributed by atoms with E-state index in [1.807, 2.05) is 64.4 Å². The van der Waals surface area contributed by atoms with Crippen LogP contribution in [-0.4, -0.2) is 28.3 Å². The number of nitrogens with zero attached hydrogens (tertiary/aromatic N) is 4. The lowest BCUT2D eigenvalue weighted by molar-refractivity contribution is 0.00578. The zero-order chi connectivity index (χ0) is 30.5. The Balaban J connectivity index is 0.000000208. The molecule has 1 aliphatic rings. The molecule has 2 aromatic heterocycles. The lowest BCUT2D eigenvalue weighted by atomic mass is 9.77. The number of nitriles is 2. The van der Waals surface area contributed by atoms with Gasteiger partial charge in [-0.25, -0.2) is 14.4 Å². The van der Waals surface area contributed by atoms with Gasteiger partial charge < -0.3 is 9.31 Å². The van der Waals surface area contributed by atoms with E-state index in [0.29, 0.717) is 16.8 Å². The molecule has 42 heavy (non-hydrogen) atoms. The molecule has 5 rings (SSSR count). The van der Waals surface area contributed by atoms with Crippen LogP contribution < -0.4 is 5.46 Å². The third-order valence-corrected chi connectivity index (χ3v) is 8.09. The number of hydrogen-bond donors (Lipinski definition) is 0. The van der Waals surface area contributed by atoms with Crippen molar-refractivity contribution in [3.05, 3.63) is 96.6 Å². The van der Waals surface area contributed by atoms with Gasteiger partial charge in [-0.3, -0.25) is 0 Å². The Morgan fingerprint density at radius 1 is 0.690 bits per heavy atom. The summed E-state index contributed by atoms with van der Waals surface area (Å²) in [5, 5.41) is 23.7. The molecule has 0 spiro atoms. The predicted molar refractivity (Wildman–Crippen MR) is 164 cm³/mol. The standard InChI is InChI=1S/C19H19BN2O2S.C13H7FN2S/c1-13-22-17(12-25-13)7-6-14-8-15(11-21)10-16(9-14)20-23-18(2,3)19(4,5)24-20;1-9-16-13(8-17-9)3-2-10-4-11(7-15)6-12(14)5-10/h8-10,12H,1-5H3;4-6,8H,1H3/i;14-1. The van der Waals surface area contributed by atoms with Gasteiger partial charge in [0.1, 0.15) is 17.2 Å². The first-order valence-electron chi connectivity index (χ1n) is 12.9. The lowest BCUT2D eigenvalue weighted by Crippen LogP contribution is -2.41. The van der Waals surface area contributed by atoms with E-state index in [0.717, 1.165) is 26.7 Å². The average Bonchev–Trinajstić information content (AvgIpc) is 3.62. The van der Waals surface area contributed by atoms with Crippen LogP contribution in [0.25, 0.3) is 0 Å². The molecule has 0 bridgehead atoms. The second-order valence-corrected chi connectivity index (χ2v) is 12.5. The molecule has 0 radical (unpaired) electrons. The minimum atomic E-state index is -0.514. The van der Waals surface area contributed by atoms with Gasteiger partial charge >= 0.3 is 7.12 Å². The number of benzene rings is 2. The summed E-state index contributed by atoms with van der Waals surface area (Å²) < 4.78 is 25.3. The summed E-state index contributed by atoms with van der Waals surface area (Å²) in [6.07, 6.45) is 0. The summed E-state index contributed by atoms with van der Waals surface area (Å²) >= 11 is 3.07. The second-order valence-electron chi connectivity index (χ2n) is 10.4. The van der Waals surface area contributed by atoms with E-state index in [4.69, 9.17) is 14.6 Å². The van der Waals surface area contributed by atoms with E-state index in [9.17, 15) is 9.65 Å². The number of hydrogen-bond acceptors (Lipinski definition) is 8. The topological polar surface area (TPSA) is 91.8 Å². The molecule has 1 aliphatic heterocycles. The molecule has 1 fully saturated rings. The molecule has 0 unspecified atom stereocenters. The van der Waals surface area contributed by atoms with Crippen LogP contribution in [0.15, 0.2) is 47.2 Å². The fourth-order valence-electron chi connectivity index (χ4n) is 3.74. The summed E-state index contributed by atoms with van der Waals surface area (Å²) in [5.41, 5.74) is 3.37. The fraction of sp³-hybridized carbons (Fsp3) is 0.250. The van der Waals surface area contributed by atoms with Crippen LogP contribution in [-0.2, 0) is 9.31 Å². The lowest BCUT2D eigenvalue weighted by Gasteiger charge is -2.32. The molecule has 0 aliphatic carbocycles. The van der Waals surface area contributed by atoms with Crippen molar-refractivity contribution in [1.82, 2.24) is 9.97 Å². The minimum Gasteiger partial charge on any atom is -0.399 e. The Morgan fingerprint density at radius 2 is 1.12 bits per heavy atom. The number of rotatable bonds is 1. The maximum absolute atomic E-state index is 13.1. The van der Waals surface area contributed by atoms with Crippen molar-refractivity contribution >= 4 is 35.3 Å². The third kappa shape index (κ3) is 7.71. The van der Waals surface area contributed by atoms with E-state index < -0.39 is 24.1 Å². The summed E-state index contributed by atoms with van der Waals surface area (Å²) in [7, 11) is -0.514. The highest BCUT2D eigenvalue weighted by molar-refractivity contribution is 7.09. The van der Waals surface area contributed by atoms with E-state index in [-0.39, 0.29) is 5.56 Å². The zero-order valence-corrected chi connectivity index (χ0v) is 25.6. The first-order valence-corrected chi connectivity index (χ1v) is 14.6. The Morgan fingerprint density at radius 3 is 1.57 bits per heavy atom. The Kier molecular flexibility index (Phi) is 9.28. The summed E-state index contributed by atoms with van der Waals surface area (Å²) in [4.78, 5) is 8.51. The smallest absolute Gasteiger partial charge is 0.399 e. The number of halogens is 1. The Labute approximate surface area is 254 Å². The van der Waals surface area contributed by atoms with Crippen LogP contribution >= 0.6 is 22.7 Å². The summed E-state index contributed by atoms with van der Waals surface area (Å²) in [5.74, 6) is 11.3. The molecule has 6 nitrogen and oxygen atoms in total. The molecule has 2 aromatic carbocycles. The van der Waals surface area contributed by atoms with Gasteiger partial charge in [0.15, 0.2) is 0 Å². The summed E-state index contributed by atoms with van der Waals surface area (Å²) in [6.45, 7) is 11.9. The van der Waals surface area contributed by atoms with Gasteiger partial charge in [-0.05, 0) is 95.2 Å². The maximum Gasteiger partial charge on any atom is 0.494 e. The summed E-state index contributed by atoms with van der Waals surface area (Å²) in [6, 6.07) is 13.6. The van der Waals surface area contributed by atoms with Crippen molar-refractivity contribution in [2.45, 2.75) is 52.7 Å². The van der Waals surface area contributed by atoms with Crippen LogP contribution in [0, 0.1) is 66.0 Å². The van der Waals surface area contributed by atoms with Gasteiger partial charge in [0.2, 0.25) is 0 Å². The molecule has 10 heteroatoms. The van der Waals surface area contributed by atoms with Crippen LogP contribution in [0.3, 0.4) is 0 Å². The van der Waals surface area contributed by atoms with Crippen LogP contribution in [0.1, 0.15) is 71.4 Å². The molecular weight excluding hydrogens is 565 g/mol. The monoisotopic (exact) mass is 591 g/mol. The average molecular weight is 592 g/mol. The highest BCUT2D eigenvalue weighted by Gasteiger charge is 2.51. The van der Waals surface area contributed by atoms with Gasteiger partial charge in [-0.2, -0.15) is 10.5 Å². The van der Waals surface area contributed by atoms with Crippen LogP contribution in [0.5, 0.6) is 0 Å². The highest BCUT2D eigenvalue weighted by atomic mass is 32.1. The molecule has 208 valence electrons. The first kappa shape index (κ1) is 30.7. The van der Waals surface area contributed by atoms with Crippen molar-refractivity contribution in [1.29, 1.82) is 10.5 Å². The highest BCUT2D eigenvalue weighted by Crippen LogP contribution is 2.36. The molecule has 1 saturated heterocycles. The van der Waals surface area contributed by atoms with Gasteiger partial charge in [0, 0.05) is 21.9 Å². The predicted octanol–water partition coefficient (Wildman–Crippen LogP) is 5.88. The minimum absolute atomic E-state index is 0.267. The third-order valence-electron chi connectivity index (χ3n) is 6.54. The van der Waals surface area contributed by atoms with E-state index >= 15 is 0 Å². The molecule has 0 atom stereocenters. The first-order chi connectivity index (χ1) is 19.9. The normalized spacial score (nSPS) is 14.3. The van der Waals surface area contributed by atoms with Crippen molar-refractivity contribution < 1.29 is 13.7 Å². The number of aryl methyl sites for hydroxylation is 2. The Bertz CT molecular complexity index is 1830. The zero-order valence-electron chi connectivity index (χ0n) is 24.0. The van der Waals surface area contributed by atoms with Crippen molar-refractivity contribution in [3.63, 3.8) is 0 Å². The molecule has 0 N–H and O–H groups in total. The van der Waals surface area contributed by atoms with E-state index in [2.05, 4.69) is 39.7 Å². The largest absolute Gasteiger partial charge is 0.494 e. The molecular formula is C32H26BFN4O2S2. The molecule has 3 heterocycles. The Hall–Kier alpha value is -4.29.